The summed E-state index contributed by atoms with van der Waals surface area (Å²) in [7, 11) is 0. The fourth-order valence-corrected chi connectivity index (χ4v) is 2.41. The summed E-state index contributed by atoms with van der Waals surface area (Å²) in [6.07, 6.45) is 0.493. The van der Waals surface area contributed by atoms with Gasteiger partial charge < -0.3 is 9.15 Å². The van der Waals surface area contributed by atoms with Gasteiger partial charge in [-0.1, -0.05) is 12.1 Å². The quantitative estimate of drug-likeness (QED) is 0.691. The number of nitrogens with zero attached hydrogens (tertiary/aromatic N) is 4. The first-order valence-corrected chi connectivity index (χ1v) is 7.40. The van der Waals surface area contributed by atoms with Crippen molar-refractivity contribution in [2.45, 2.75) is 33.4 Å². The van der Waals surface area contributed by atoms with E-state index < -0.39 is 6.61 Å². The lowest BCUT2D eigenvalue weighted by atomic mass is 10.2. The van der Waals surface area contributed by atoms with Crippen molar-refractivity contribution in [3.8, 4) is 17.2 Å². The molecule has 24 heavy (non-hydrogen) atoms. The number of hydrogen-bond acceptors (Lipinski definition) is 5. The highest BCUT2D eigenvalue weighted by Gasteiger charge is 2.16. The van der Waals surface area contributed by atoms with Crippen LogP contribution in [0.1, 0.15) is 17.3 Å². The monoisotopic (exact) mass is 334 g/mol. The summed E-state index contributed by atoms with van der Waals surface area (Å²) in [5.41, 5.74) is 2.32. The average Bonchev–Trinajstić information content (AvgIpc) is 3.11. The molecule has 3 aromatic rings. The number of benzene rings is 1. The molecule has 126 valence electrons. The Morgan fingerprint density at radius 3 is 2.71 bits per heavy atom. The molecule has 0 spiro atoms. The molecule has 0 fully saturated rings. The van der Waals surface area contributed by atoms with Crippen LogP contribution in [-0.4, -0.2) is 26.6 Å². The first kappa shape index (κ1) is 16.1. The summed E-state index contributed by atoms with van der Waals surface area (Å²) in [6.45, 7) is 1.57. The van der Waals surface area contributed by atoms with Crippen LogP contribution in [0.4, 0.5) is 8.78 Å². The van der Waals surface area contributed by atoms with E-state index in [1.54, 1.807) is 18.2 Å². The van der Waals surface area contributed by atoms with Crippen LogP contribution < -0.4 is 4.74 Å². The molecule has 1 aromatic carbocycles. The van der Waals surface area contributed by atoms with E-state index in [1.807, 2.05) is 24.6 Å². The number of ether oxygens (including phenoxy) is 1. The zero-order chi connectivity index (χ0) is 17.1. The molecule has 0 saturated heterocycles. The molecule has 6 nitrogen and oxygen atoms in total. The molecule has 3 rings (SSSR count). The van der Waals surface area contributed by atoms with Gasteiger partial charge in [-0.3, -0.25) is 4.68 Å². The zero-order valence-corrected chi connectivity index (χ0v) is 13.2. The molecule has 0 unspecified atom stereocenters. The van der Waals surface area contributed by atoms with Crippen molar-refractivity contribution in [3.05, 3.63) is 47.6 Å². The van der Waals surface area contributed by atoms with Gasteiger partial charge in [0.15, 0.2) is 0 Å². The van der Waals surface area contributed by atoms with E-state index in [4.69, 9.17) is 4.42 Å². The third-order valence-corrected chi connectivity index (χ3v) is 3.44. The van der Waals surface area contributed by atoms with Crippen molar-refractivity contribution in [1.82, 2.24) is 20.0 Å². The standard InChI is InChI=1S/C16H16F2N4O2/c1-10-9-11(2)22(21-10)8-7-14-19-20-15(24-14)12-5-3-4-6-13(12)23-16(17)18/h3-6,9,16H,7-8H2,1-2H3. The lowest BCUT2D eigenvalue weighted by Gasteiger charge is -2.07. The number of halogens is 2. The summed E-state index contributed by atoms with van der Waals surface area (Å²) in [5, 5.41) is 12.2. The largest absolute Gasteiger partial charge is 0.434 e. The van der Waals surface area contributed by atoms with Gasteiger partial charge in [0, 0.05) is 18.7 Å². The Bertz CT molecular complexity index is 829. The van der Waals surface area contributed by atoms with Crippen LogP contribution in [0.5, 0.6) is 5.75 Å². The number of aromatic nitrogens is 4. The van der Waals surface area contributed by atoms with E-state index in [-0.39, 0.29) is 11.6 Å². The second-order valence-corrected chi connectivity index (χ2v) is 5.28. The molecule has 0 amide bonds. The predicted molar refractivity (Wildman–Crippen MR) is 81.8 cm³/mol. The maximum absolute atomic E-state index is 12.5. The highest BCUT2D eigenvalue weighted by atomic mass is 19.3. The van der Waals surface area contributed by atoms with Crippen molar-refractivity contribution in [2.75, 3.05) is 0 Å². The van der Waals surface area contributed by atoms with Crippen molar-refractivity contribution in [3.63, 3.8) is 0 Å². The second kappa shape index (κ2) is 6.77. The number of aryl methyl sites for hydroxylation is 4. The molecule has 8 heteroatoms. The van der Waals surface area contributed by atoms with Gasteiger partial charge in [-0.25, -0.2) is 0 Å². The van der Waals surface area contributed by atoms with Crippen LogP contribution in [-0.2, 0) is 13.0 Å². The number of alkyl halides is 2. The van der Waals surface area contributed by atoms with Gasteiger partial charge >= 0.3 is 6.61 Å². The third-order valence-electron chi connectivity index (χ3n) is 3.44. The highest BCUT2D eigenvalue weighted by Crippen LogP contribution is 2.30. The molecule has 0 bridgehead atoms. The molecule has 0 aliphatic rings. The summed E-state index contributed by atoms with van der Waals surface area (Å²) in [4.78, 5) is 0. The van der Waals surface area contributed by atoms with E-state index in [9.17, 15) is 8.78 Å². The van der Waals surface area contributed by atoms with E-state index in [1.165, 1.54) is 6.07 Å². The molecule has 0 atom stereocenters. The Morgan fingerprint density at radius 2 is 2.00 bits per heavy atom. The van der Waals surface area contributed by atoms with Crippen LogP contribution in [0.2, 0.25) is 0 Å². The van der Waals surface area contributed by atoms with Crippen LogP contribution in [0.3, 0.4) is 0 Å². The van der Waals surface area contributed by atoms with Gasteiger partial charge in [-0.05, 0) is 32.0 Å². The summed E-state index contributed by atoms with van der Waals surface area (Å²) in [6, 6.07) is 8.29. The molecule has 2 aromatic heterocycles. The minimum absolute atomic E-state index is 0.00115. The number of hydrogen-bond donors (Lipinski definition) is 0. The zero-order valence-electron chi connectivity index (χ0n) is 13.2. The molecule has 0 aliphatic heterocycles. The second-order valence-electron chi connectivity index (χ2n) is 5.28. The van der Waals surface area contributed by atoms with Gasteiger partial charge in [0.2, 0.25) is 5.89 Å². The number of rotatable bonds is 6. The van der Waals surface area contributed by atoms with E-state index >= 15 is 0 Å². The van der Waals surface area contributed by atoms with Crippen LogP contribution >= 0.6 is 0 Å². The molecule has 0 saturated carbocycles. The molecular formula is C16H16F2N4O2. The van der Waals surface area contributed by atoms with Crippen LogP contribution in [0.15, 0.2) is 34.7 Å². The lowest BCUT2D eigenvalue weighted by molar-refractivity contribution is -0.0495. The smallest absolute Gasteiger partial charge is 0.387 e. The first-order chi connectivity index (χ1) is 11.5. The maximum atomic E-state index is 12.5. The van der Waals surface area contributed by atoms with Crippen molar-refractivity contribution in [1.29, 1.82) is 0 Å². The Kier molecular flexibility index (Phi) is 4.54. The van der Waals surface area contributed by atoms with E-state index in [2.05, 4.69) is 20.0 Å². The SMILES string of the molecule is Cc1cc(C)n(CCc2nnc(-c3ccccc3OC(F)F)o2)n1. The van der Waals surface area contributed by atoms with Crippen LogP contribution in [0, 0.1) is 13.8 Å². The van der Waals surface area contributed by atoms with Crippen molar-refractivity contribution >= 4 is 0 Å². The summed E-state index contributed by atoms with van der Waals surface area (Å²) < 4.78 is 36.9. The van der Waals surface area contributed by atoms with E-state index in [0.717, 1.165) is 11.4 Å². The normalized spacial score (nSPS) is 11.2. The van der Waals surface area contributed by atoms with Crippen molar-refractivity contribution < 1.29 is 17.9 Å². The Hall–Kier alpha value is -2.77. The minimum atomic E-state index is -2.92. The molecule has 0 radical (unpaired) electrons. The maximum Gasteiger partial charge on any atom is 0.387 e. The lowest BCUT2D eigenvalue weighted by Crippen LogP contribution is -2.05. The third kappa shape index (κ3) is 3.58. The van der Waals surface area contributed by atoms with Gasteiger partial charge in [-0.15, -0.1) is 10.2 Å². The van der Waals surface area contributed by atoms with Gasteiger partial charge in [0.05, 0.1) is 11.3 Å². The summed E-state index contributed by atoms with van der Waals surface area (Å²) in [5.74, 6) is 0.556. The average molecular weight is 334 g/mol. The van der Waals surface area contributed by atoms with Crippen molar-refractivity contribution in [2.24, 2.45) is 0 Å². The fraction of sp³-hybridized carbons (Fsp3) is 0.312. The summed E-state index contributed by atoms with van der Waals surface area (Å²) >= 11 is 0. The van der Waals surface area contributed by atoms with Gasteiger partial charge in [0.1, 0.15) is 5.75 Å². The molecular weight excluding hydrogens is 318 g/mol. The minimum Gasteiger partial charge on any atom is -0.434 e. The first-order valence-electron chi connectivity index (χ1n) is 7.40. The molecule has 0 aliphatic carbocycles. The Morgan fingerprint density at radius 1 is 1.21 bits per heavy atom. The van der Waals surface area contributed by atoms with E-state index in [0.29, 0.717) is 24.4 Å². The Labute approximate surface area is 137 Å². The predicted octanol–water partition coefficient (Wildman–Crippen LogP) is 3.39. The van der Waals surface area contributed by atoms with Gasteiger partial charge in [-0.2, -0.15) is 13.9 Å². The molecule has 0 N–H and O–H groups in total. The topological polar surface area (TPSA) is 66.0 Å². The fourth-order valence-electron chi connectivity index (χ4n) is 2.41. The highest BCUT2D eigenvalue weighted by molar-refractivity contribution is 5.62. The molecule has 2 heterocycles. The van der Waals surface area contributed by atoms with Gasteiger partial charge in [0.25, 0.3) is 5.89 Å². The Balaban J connectivity index is 1.75. The van der Waals surface area contributed by atoms with Crippen LogP contribution in [0.25, 0.3) is 11.5 Å². The number of para-hydroxylation sites is 1.